The number of rotatable bonds is 2. The van der Waals surface area contributed by atoms with Crippen LogP contribution in [0.3, 0.4) is 0 Å². The monoisotopic (exact) mass is 252 g/mol. The molecule has 0 spiro atoms. The van der Waals surface area contributed by atoms with Crippen molar-refractivity contribution in [2.45, 2.75) is 51.2 Å². The standard InChI is InChI=1S/C15H21FO2/c1-9(2)14-13-5-4-12(16)8-11(13)6-7-15(14,18)10(3)17/h4-5,8-10,14,17-18H,6-7H2,1-3H3/t10?,14-,15+/m0/s1. The van der Waals surface area contributed by atoms with Crippen molar-refractivity contribution in [1.82, 2.24) is 0 Å². The summed E-state index contributed by atoms with van der Waals surface area (Å²) in [6.07, 6.45) is 0.296. The molecule has 3 atom stereocenters. The molecular weight excluding hydrogens is 231 g/mol. The van der Waals surface area contributed by atoms with Crippen LogP contribution in [0.1, 0.15) is 44.2 Å². The van der Waals surface area contributed by atoms with Gasteiger partial charge in [-0.2, -0.15) is 0 Å². The van der Waals surface area contributed by atoms with Crippen LogP contribution in [0.15, 0.2) is 18.2 Å². The van der Waals surface area contributed by atoms with Crippen molar-refractivity contribution in [3.63, 3.8) is 0 Å². The van der Waals surface area contributed by atoms with E-state index in [1.54, 1.807) is 19.1 Å². The molecule has 18 heavy (non-hydrogen) atoms. The van der Waals surface area contributed by atoms with Crippen LogP contribution >= 0.6 is 0 Å². The fraction of sp³-hybridized carbons (Fsp3) is 0.600. The van der Waals surface area contributed by atoms with Crippen LogP contribution in [0, 0.1) is 11.7 Å². The van der Waals surface area contributed by atoms with Gasteiger partial charge in [0.2, 0.25) is 0 Å². The number of aryl methyl sites for hydroxylation is 1. The smallest absolute Gasteiger partial charge is 0.123 e. The molecule has 1 aromatic carbocycles. The second-order valence-corrected chi connectivity index (χ2v) is 5.73. The average Bonchev–Trinajstić information content (AvgIpc) is 2.28. The van der Waals surface area contributed by atoms with Crippen molar-refractivity contribution in [2.75, 3.05) is 0 Å². The van der Waals surface area contributed by atoms with E-state index in [9.17, 15) is 14.6 Å². The summed E-state index contributed by atoms with van der Waals surface area (Å²) in [7, 11) is 0. The summed E-state index contributed by atoms with van der Waals surface area (Å²) in [6.45, 7) is 5.68. The predicted octanol–water partition coefficient (Wildman–Crippen LogP) is 2.62. The Bertz CT molecular complexity index is 442. The van der Waals surface area contributed by atoms with Gasteiger partial charge in [0.15, 0.2) is 0 Å². The molecule has 1 aliphatic rings. The minimum absolute atomic E-state index is 0.151. The molecule has 0 fully saturated rings. The SMILES string of the molecule is CC(C)[C@H]1c2ccc(F)cc2CC[C@@]1(O)C(C)O. The molecule has 0 amide bonds. The zero-order valence-corrected chi connectivity index (χ0v) is 11.2. The Kier molecular flexibility index (Phi) is 3.47. The molecule has 0 heterocycles. The van der Waals surface area contributed by atoms with Gasteiger partial charge in [0.25, 0.3) is 0 Å². The van der Waals surface area contributed by atoms with E-state index in [2.05, 4.69) is 0 Å². The number of hydrogen-bond donors (Lipinski definition) is 2. The van der Waals surface area contributed by atoms with Crippen LogP contribution in [0.5, 0.6) is 0 Å². The van der Waals surface area contributed by atoms with E-state index < -0.39 is 11.7 Å². The number of fused-ring (bicyclic) bond motifs is 1. The molecule has 100 valence electrons. The van der Waals surface area contributed by atoms with Gasteiger partial charge in [-0.05, 0) is 48.9 Å². The Morgan fingerprint density at radius 1 is 1.33 bits per heavy atom. The molecule has 2 N–H and O–H groups in total. The Balaban J connectivity index is 2.52. The van der Waals surface area contributed by atoms with Gasteiger partial charge < -0.3 is 10.2 Å². The zero-order valence-electron chi connectivity index (χ0n) is 11.2. The minimum Gasteiger partial charge on any atom is -0.390 e. The van der Waals surface area contributed by atoms with Gasteiger partial charge in [-0.15, -0.1) is 0 Å². The van der Waals surface area contributed by atoms with Crippen LogP contribution in [0.25, 0.3) is 0 Å². The molecule has 0 saturated carbocycles. The maximum atomic E-state index is 13.3. The molecule has 0 radical (unpaired) electrons. The van der Waals surface area contributed by atoms with Crippen molar-refractivity contribution in [2.24, 2.45) is 5.92 Å². The molecule has 1 aromatic rings. The van der Waals surface area contributed by atoms with E-state index in [1.165, 1.54) is 6.07 Å². The van der Waals surface area contributed by atoms with Crippen LogP contribution in [0.2, 0.25) is 0 Å². The maximum absolute atomic E-state index is 13.3. The first-order valence-corrected chi connectivity index (χ1v) is 6.55. The summed E-state index contributed by atoms with van der Waals surface area (Å²) in [5, 5.41) is 20.7. The largest absolute Gasteiger partial charge is 0.390 e. The Hall–Kier alpha value is -0.930. The van der Waals surface area contributed by atoms with Crippen molar-refractivity contribution < 1.29 is 14.6 Å². The molecule has 0 aromatic heterocycles. The van der Waals surface area contributed by atoms with E-state index in [1.807, 2.05) is 13.8 Å². The Morgan fingerprint density at radius 2 is 2.00 bits per heavy atom. The van der Waals surface area contributed by atoms with Gasteiger partial charge >= 0.3 is 0 Å². The quantitative estimate of drug-likeness (QED) is 0.849. The summed E-state index contributed by atoms with van der Waals surface area (Å²) in [5.41, 5.74) is 0.819. The molecule has 3 heteroatoms. The van der Waals surface area contributed by atoms with Gasteiger partial charge in [0.05, 0.1) is 11.7 Å². The number of aliphatic hydroxyl groups is 2. The lowest BCUT2D eigenvalue weighted by Crippen LogP contribution is -2.50. The van der Waals surface area contributed by atoms with Gasteiger partial charge in [-0.1, -0.05) is 19.9 Å². The molecule has 2 rings (SSSR count). The molecule has 2 nitrogen and oxygen atoms in total. The Labute approximate surface area is 107 Å². The molecule has 0 bridgehead atoms. The third-order valence-corrected chi connectivity index (χ3v) is 4.16. The first kappa shape index (κ1) is 13.5. The first-order chi connectivity index (χ1) is 8.36. The van der Waals surface area contributed by atoms with E-state index in [4.69, 9.17) is 0 Å². The van der Waals surface area contributed by atoms with Crippen LogP contribution in [-0.2, 0) is 6.42 Å². The summed E-state index contributed by atoms with van der Waals surface area (Å²) >= 11 is 0. The molecule has 0 saturated heterocycles. The lowest BCUT2D eigenvalue weighted by Gasteiger charge is -2.45. The van der Waals surface area contributed by atoms with E-state index >= 15 is 0 Å². The highest BCUT2D eigenvalue weighted by molar-refractivity contribution is 5.37. The summed E-state index contributed by atoms with van der Waals surface area (Å²) in [4.78, 5) is 0. The second-order valence-electron chi connectivity index (χ2n) is 5.73. The van der Waals surface area contributed by atoms with Gasteiger partial charge in [-0.25, -0.2) is 4.39 Å². The van der Waals surface area contributed by atoms with Crippen LogP contribution < -0.4 is 0 Å². The lowest BCUT2D eigenvalue weighted by atomic mass is 9.65. The van der Waals surface area contributed by atoms with E-state index in [0.29, 0.717) is 12.8 Å². The molecule has 1 aliphatic carbocycles. The third-order valence-electron chi connectivity index (χ3n) is 4.16. The summed E-state index contributed by atoms with van der Waals surface area (Å²) in [5.74, 6) is -0.199. The number of halogens is 1. The maximum Gasteiger partial charge on any atom is 0.123 e. The number of aliphatic hydroxyl groups excluding tert-OH is 1. The third kappa shape index (κ3) is 2.06. The van der Waals surface area contributed by atoms with Crippen LogP contribution in [0.4, 0.5) is 4.39 Å². The zero-order chi connectivity index (χ0) is 13.5. The van der Waals surface area contributed by atoms with Gasteiger partial charge in [0, 0.05) is 5.92 Å². The van der Waals surface area contributed by atoms with Crippen molar-refractivity contribution in [3.8, 4) is 0 Å². The molecular formula is C15H21FO2. The fourth-order valence-corrected chi connectivity index (χ4v) is 3.26. The second kappa shape index (κ2) is 4.63. The molecule has 1 unspecified atom stereocenters. The van der Waals surface area contributed by atoms with E-state index in [0.717, 1.165) is 11.1 Å². The highest BCUT2D eigenvalue weighted by Crippen LogP contribution is 2.45. The summed E-state index contributed by atoms with van der Waals surface area (Å²) in [6, 6.07) is 4.73. The Morgan fingerprint density at radius 3 is 2.56 bits per heavy atom. The minimum atomic E-state index is -1.11. The first-order valence-electron chi connectivity index (χ1n) is 6.55. The highest BCUT2D eigenvalue weighted by Gasteiger charge is 2.46. The lowest BCUT2D eigenvalue weighted by molar-refractivity contribution is -0.104. The predicted molar refractivity (Wildman–Crippen MR) is 68.9 cm³/mol. The van der Waals surface area contributed by atoms with Crippen molar-refractivity contribution in [1.29, 1.82) is 0 Å². The average molecular weight is 252 g/mol. The van der Waals surface area contributed by atoms with Crippen LogP contribution in [-0.4, -0.2) is 21.9 Å². The van der Waals surface area contributed by atoms with Crippen molar-refractivity contribution >= 4 is 0 Å². The van der Waals surface area contributed by atoms with Crippen molar-refractivity contribution in [3.05, 3.63) is 35.1 Å². The summed E-state index contributed by atoms with van der Waals surface area (Å²) < 4.78 is 13.3. The fourth-order valence-electron chi connectivity index (χ4n) is 3.26. The highest BCUT2D eigenvalue weighted by atomic mass is 19.1. The normalized spacial score (nSPS) is 29.2. The van der Waals surface area contributed by atoms with Gasteiger partial charge in [-0.3, -0.25) is 0 Å². The van der Waals surface area contributed by atoms with Gasteiger partial charge in [0.1, 0.15) is 5.82 Å². The topological polar surface area (TPSA) is 40.5 Å². The van der Waals surface area contributed by atoms with E-state index in [-0.39, 0.29) is 17.7 Å². The molecule has 0 aliphatic heterocycles. The number of benzene rings is 1. The number of hydrogen-bond acceptors (Lipinski definition) is 2.